The van der Waals surface area contributed by atoms with E-state index in [4.69, 9.17) is 23.2 Å². The van der Waals surface area contributed by atoms with E-state index in [-0.39, 0.29) is 16.2 Å². The lowest BCUT2D eigenvalue weighted by Crippen LogP contribution is -2.41. The summed E-state index contributed by atoms with van der Waals surface area (Å²) in [7, 11) is 0. The van der Waals surface area contributed by atoms with Crippen molar-refractivity contribution in [3.63, 3.8) is 0 Å². The quantitative estimate of drug-likeness (QED) is 0.612. The molecule has 13 heavy (non-hydrogen) atoms. The molecular formula is C11H20Cl2. The molecular weight excluding hydrogens is 203 g/mol. The number of alkyl halides is 2. The van der Waals surface area contributed by atoms with Gasteiger partial charge in [0.15, 0.2) is 0 Å². The fourth-order valence-electron chi connectivity index (χ4n) is 2.75. The summed E-state index contributed by atoms with van der Waals surface area (Å²) >= 11 is 12.6. The minimum Gasteiger partial charge on any atom is -0.126 e. The lowest BCUT2D eigenvalue weighted by Gasteiger charge is -2.43. The van der Waals surface area contributed by atoms with Crippen molar-refractivity contribution in [1.82, 2.24) is 0 Å². The minimum absolute atomic E-state index is 0.134. The second-order valence-electron chi connectivity index (χ2n) is 4.97. The normalized spacial score (nSPS) is 43.8. The van der Waals surface area contributed by atoms with Crippen molar-refractivity contribution in [1.29, 1.82) is 0 Å². The SMILES string of the molecule is CCC1(CCl)C(Cl)CC(C)C1(C)C. The third-order valence-corrected chi connectivity index (χ3v) is 5.62. The van der Waals surface area contributed by atoms with E-state index in [1.54, 1.807) is 0 Å². The monoisotopic (exact) mass is 222 g/mol. The highest BCUT2D eigenvalue weighted by Crippen LogP contribution is 2.60. The predicted octanol–water partition coefficient (Wildman–Crippen LogP) is 4.30. The third-order valence-electron chi connectivity index (χ3n) is 4.54. The first kappa shape index (κ1) is 11.7. The smallest absolute Gasteiger partial charge is 0.0411 e. The molecule has 0 N–H and O–H groups in total. The Morgan fingerprint density at radius 2 is 1.92 bits per heavy atom. The zero-order valence-electron chi connectivity index (χ0n) is 9.03. The van der Waals surface area contributed by atoms with E-state index >= 15 is 0 Å². The van der Waals surface area contributed by atoms with Gasteiger partial charge in [-0.05, 0) is 24.2 Å². The Labute approximate surface area is 92.0 Å². The van der Waals surface area contributed by atoms with Crippen LogP contribution in [0, 0.1) is 16.7 Å². The molecule has 1 aliphatic carbocycles. The zero-order valence-corrected chi connectivity index (χ0v) is 10.5. The molecule has 78 valence electrons. The molecule has 2 heteroatoms. The Kier molecular flexibility index (Phi) is 3.25. The number of hydrogen-bond acceptors (Lipinski definition) is 0. The predicted molar refractivity (Wildman–Crippen MR) is 60.6 cm³/mol. The van der Waals surface area contributed by atoms with E-state index in [2.05, 4.69) is 27.7 Å². The van der Waals surface area contributed by atoms with Crippen LogP contribution in [-0.2, 0) is 0 Å². The summed E-state index contributed by atoms with van der Waals surface area (Å²) in [4.78, 5) is 0. The van der Waals surface area contributed by atoms with Crippen molar-refractivity contribution in [3.05, 3.63) is 0 Å². The highest BCUT2D eigenvalue weighted by atomic mass is 35.5. The zero-order chi connectivity index (χ0) is 10.3. The summed E-state index contributed by atoms with van der Waals surface area (Å²) < 4.78 is 0. The van der Waals surface area contributed by atoms with Gasteiger partial charge in [-0.3, -0.25) is 0 Å². The van der Waals surface area contributed by atoms with Crippen LogP contribution >= 0.6 is 23.2 Å². The van der Waals surface area contributed by atoms with Crippen molar-refractivity contribution in [2.24, 2.45) is 16.7 Å². The second-order valence-corrected chi connectivity index (χ2v) is 5.76. The lowest BCUT2D eigenvalue weighted by atomic mass is 9.64. The van der Waals surface area contributed by atoms with Crippen LogP contribution in [0.3, 0.4) is 0 Å². The largest absolute Gasteiger partial charge is 0.126 e. The molecule has 0 heterocycles. The first-order valence-corrected chi connectivity index (χ1v) is 6.09. The van der Waals surface area contributed by atoms with Crippen molar-refractivity contribution in [2.75, 3.05) is 5.88 Å². The molecule has 0 radical (unpaired) electrons. The topological polar surface area (TPSA) is 0 Å². The molecule has 0 bridgehead atoms. The molecule has 0 saturated heterocycles. The molecule has 1 saturated carbocycles. The summed E-state index contributed by atoms with van der Waals surface area (Å²) in [5, 5.41) is 0.250. The van der Waals surface area contributed by atoms with Crippen LogP contribution in [0.4, 0.5) is 0 Å². The summed E-state index contributed by atoms with van der Waals surface area (Å²) in [6.45, 7) is 9.12. The molecule has 3 atom stereocenters. The van der Waals surface area contributed by atoms with E-state index in [0.29, 0.717) is 11.8 Å². The number of halogens is 2. The van der Waals surface area contributed by atoms with Crippen molar-refractivity contribution in [2.45, 2.75) is 45.9 Å². The van der Waals surface area contributed by atoms with E-state index in [1.165, 1.54) is 0 Å². The summed E-state index contributed by atoms with van der Waals surface area (Å²) in [5.74, 6) is 1.36. The van der Waals surface area contributed by atoms with E-state index < -0.39 is 0 Å². The first-order valence-electron chi connectivity index (χ1n) is 5.12. The molecule has 0 amide bonds. The molecule has 1 fully saturated rings. The minimum atomic E-state index is 0.134. The van der Waals surface area contributed by atoms with Gasteiger partial charge in [-0.2, -0.15) is 0 Å². The molecule has 1 aliphatic rings. The van der Waals surface area contributed by atoms with Crippen LogP contribution in [0.5, 0.6) is 0 Å². The van der Waals surface area contributed by atoms with Gasteiger partial charge < -0.3 is 0 Å². The molecule has 0 aromatic heterocycles. The van der Waals surface area contributed by atoms with E-state index in [9.17, 15) is 0 Å². The van der Waals surface area contributed by atoms with E-state index in [1.807, 2.05) is 0 Å². The lowest BCUT2D eigenvalue weighted by molar-refractivity contribution is 0.0971. The second kappa shape index (κ2) is 3.62. The van der Waals surface area contributed by atoms with Crippen LogP contribution in [-0.4, -0.2) is 11.3 Å². The Bertz CT molecular complexity index is 183. The van der Waals surface area contributed by atoms with Crippen molar-refractivity contribution >= 4 is 23.2 Å². The average Bonchev–Trinajstić information content (AvgIpc) is 2.21. The van der Waals surface area contributed by atoms with Crippen molar-refractivity contribution in [3.8, 4) is 0 Å². The fraction of sp³-hybridized carbons (Fsp3) is 1.00. The summed E-state index contributed by atoms with van der Waals surface area (Å²) in [6, 6.07) is 0. The highest BCUT2D eigenvalue weighted by molar-refractivity contribution is 6.23. The first-order chi connectivity index (χ1) is 5.92. The fourth-order valence-corrected chi connectivity index (χ4v) is 4.33. The van der Waals surface area contributed by atoms with Crippen molar-refractivity contribution < 1.29 is 0 Å². The van der Waals surface area contributed by atoms with Crippen LogP contribution in [0.1, 0.15) is 40.5 Å². The maximum absolute atomic E-state index is 6.43. The van der Waals surface area contributed by atoms with Gasteiger partial charge in [0.2, 0.25) is 0 Å². The molecule has 0 aromatic carbocycles. The van der Waals surface area contributed by atoms with Gasteiger partial charge in [0.25, 0.3) is 0 Å². The maximum atomic E-state index is 6.43. The Morgan fingerprint density at radius 3 is 2.08 bits per heavy atom. The average molecular weight is 223 g/mol. The summed E-state index contributed by atoms with van der Waals surface area (Å²) in [6.07, 6.45) is 2.19. The molecule has 0 spiro atoms. The van der Waals surface area contributed by atoms with Gasteiger partial charge in [-0.15, -0.1) is 23.2 Å². The number of rotatable bonds is 2. The Balaban J connectivity index is 3.05. The van der Waals surface area contributed by atoms with Gasteiger partial charge in [0.1, 0.15) is 0 Å². The number of hydrogen-bond donors (Lipinski definition) is 0. The van der Waals surface area contributed by atoms with Crippen LogP contribution < -0.4 is 0 Å². The standard InChI is InChI=1S/C11H20Cl2/c1-5-11(7-12)9(13)6-8(2)10(11,3)4/h8-9H,5-7H2,1-4H3. The third kappa shape index (κ3) is 1.41. The Hall–Kier alpha value is 0.580. The van der Waals surface area contributed by atoms with Gasteiger partial charge in [0, 0.05) is 16.7 Å². The van der Waals surface area contributed by atoms with Gasteiger partial charge in [0.05, 0.1) is 0 Å². The summed E-state index contributed by atoms with van der Waals surface area (Å²) in [5.41, 5.74) is 0.408. The molecule has 3 unspecified atom stereocenters. The molecule has 0 nitrogen and oxygen atoms in total. The maximum Gasteiger partial charge on any atom is 0.0411 e. The molecule has 0 aromatic rings. The van der Waals surface area contributed by atoms with Gasteiger partial charge in [-0.25, -0.2) is 0 Å². The van der Waals surface area contributed by atoms with Crippen LogP contribution in [0.15, 0.2) is 0 Å². The van der Waals surface area contributed by atoms with Crippen LogP contribution in [0.2, 0.25) is 0 Å². The highest BCUT2D eigenvalue weighted by Gasteiger charge is 2.56. The van der Waals surface area contributed by atoms with Gasteiger partial charge in [-0.1, -0.05) is 27.7 Å². The van der Waals surface area contributed by atoms with Gasteiger partial charge >= 0.3 is 0 Å². The molecule has 0 aliphatic heterocycles. The van der Waals surface area contributed by atoms with Crippen LogP contribution in [0.25, 0.3) is 0 Å². The Morgan fingerprint density at radius 1 is 1.38 bits per heavy atom. The van der Waals surface area contributed by atoms with E-state index in [0.717, 1.165) is 12.8 Å². The molecule has 1 rings (SSSR count).